The number of carbonyl (C=O) groups is 2. The highest BCUT2D eigenvalue weighted by atomic mass is 16.2. The van der Waals surface area contributed by atoms with E-state index in [0.717, 1.165) is 13.0 Å². The van der Waals surface area contributed by atoms with Crippen LogP contribution in [0.15, 0.2) is 0 Å². The molecule has 1 fully saturated rings. The van der Waals surface area contributed by atoms with Crippen LogP contribution in [-0.2, 0) is 9.59 Å². The van der Waals surface area contributed by atoms with Crippen LogP contribution in [0.4, 0.5) is 0 Å². The summed E-state index contributed by atoms with van der Waals surface area (Å²) < 4.78 is 0. The molecule has 0 radical (unpaired) electrons. The molecule has 0 saturated heterocycles. The van der Waals surface area contributed by atoms with Crippen LogP contribution in [-0.4, -0.2) is 49.9 Å². The average molecular weight is 297 g/mol. The maximum atomic E-state index is 12.0. The van der Waals surface area contributed by atoms with Gasteiger partial charge in [0, 0.05) is 32.0 Å². The van der Waals surface area contributed by atoms with Crippen molar-refractivity contribution in [2.45, 2.75) is 52.0 Å². The van der Waals surface area contributed by atoms with Gasteiger partial charge < -0.3 is 15.5 Å². The Hall–Kier alpha value is -1.10. The van der Waals surface area contributed by atoms with Crippen molar-refractivity contribution in [1.82, 2.24) is 15.5 Å². The Labute approximate surface area is 128 Å². The Kier molecular flexibility index (Phi) is 7.72. The van der Waals surface area contributed by atoms with Crippen molar-refractivity contribution in [3.8, 4) is 0 Å². The van der Waals surface area contributed by atoms with E-state index in [2.05, 4.69) is 24.5 Å². The van der Waals surface area contributed by atoms with Gasteiger partial charge in [0.1, 0.15) is 0 Å². The van der Waals surface area contributed by atoms with Gasteiger partial charge in [-0.05, 0) is 32.4 Å². The van der Waals surface area contributed by atoms with Gasteiger partial charge in [0.15, 0.2) is 0 Å². The Morgan fingerprint density at radius 2 is 1.76 bits per heavy atom. The quantitative estimate of drug-likeness (QED) is 0.746. The Morgan fingerprint density at radius 1 is 1.10 bits per heavy atom. The van der Waals surface area contributed by atoms with E-state index >= 15 is 0 Å². The van der Waals surface area contributed by atoms with Gasteiger partial charge in [0.25, 0.3) is 0 Å². The average Bonchev–Trinajstić information content (AvgIpc) is 2.41. The molecule has 2 N–H and O–H groups in total. The van der Waals surface area contributed by atoms with Crippen molar-refractivity contribution in [3.63, 3.8) is 0 Å². The van der Waals surface area contributed by atoms with Crippen molar-refractivity contribution < 1.29 is 9.59 Å². The van der Waals surface area contributed by atoms with Gasteiger partial charge in [-0.15, -0.1) is 0 Å². The van der Waals surface area contributed by atoms with E-state index in [1.165, 1.54) is 12.8 Å². The monoisotopic (exact) mass is 297 g/mol. The van der Waals surface area contributed by atoms with Gasteiger partial charge in [-0.2, -0.15) is 0 Å². The molecule has 0 unspecified atom stereocenters. The molecule has 5 heteroatoms. The third kappa shape index (κ3) is 6.93. The van der Waals surface area contributed by atoms with Gasteiger partial charge in [0.05, 0.1) is 0 Å². The van der Waals surface area contributed by atoms with Crippen LogP contribution < -0.4 is 10.6 Å². The minimum atomic E-state index is -0.0444. The van der Waals surface area contributed by atoms with Gasteiger partial charge >= 0.3 is 0 Å². The molecule has 0 bridgehead atoms. The zero-order valence-electron chi connectivity index (χ0n) is 13.9. The zero-order chi connectivity index (χ0) is 15.8. The van der Waals surface area contributed by atoms with Crippen molar-refractivity contribution >= 4 is 11.8 Å². The van der Waals surface area contributed by atoms with Crippen LogP contribution in [0, 0.1) is 11.8 Å². The minimum absolute atomic E-state index is 0.00343. The largest absolute Gasteiger partial charge is 0.355 e. The molecule has 3 atom stereocenters. The predicted molar refractivity (Wildman–Crippen MR) is 84.9 cm³/mol. The number of amides is 2. The summed E-state index contributed by atoms with van der Waals surface area (Å²) in [4.78, 5) is 25.6. The van der Waals surface area contributed by atoms with Gasteiger partial charge in [-0.3, -0.25) is 9.59 Å². The topological polar surface area (TPSA) is 61.4 Å². The van der Waals surface area contributed by atoms with Crippen LogP contribution in [0.3, 0.4) is 0 Å². The second kappa shape index (κ2) is 9.03. The van der Waals surface area contributed by atoms with E-state index in [0.29, 0.717) is 18.4 Å². The molecule has 0 aromatic heterocycles. The fourth-order valence-electron chi connectivity index (χ4n) is 2.80. The van der Waals surface area contributed by atoms with Crippen molar-refractivity contribution in [3.05, 3.63) is 0 Å². The highest BCUT2D eigenvalue weighted by molar-refractivity contribution is 5.83. The summed E-state index contributed by atoms with van der Waals surface area (Å²) in [5.74, 6) is 1.15. The summed E-state index contributed by atoms with van der Waals surface area (Å²) in [5, 5.41) is 5.93. The van der Waals surface area contributed by atoms with Crippen LogP contribution in [0.1, 0.15) is 46.0 Å². The van der Waals surface area contributed by atoms with Crippen LogP contribution >= 0.6 is 0 Å². The van der Waals surface area contributed by atoms with Crippen LogP contribution in [0.25, 0.3) is 0 Å². The van der Waals surface area contributed by atoms with Gasteiger partial charge in [-0.25, -0.2) is 0 Å². The van der Waals surface area contributed by atoms with Gasteiger partial charge in [0.2, 0.25) is 11.8 Å². The molecular formula is C16H31N3O2. The number of likely N-dealkylation sites (N-methyl/N-ethyl adjacent to an activating group) is 1. The maximum Gasteiger partial charge on any atom is 0.220 e. The van der Waals surface area contributed by atoms with Crippen molar-refractivity contribution in [1.29, 1.82) is 0 Å². The molecule has 1 aliphatic carbocycles. The molecule has 122 valence electrons. The van der Waals surface area contributed by atoms with Crippen LogP contribution in [0.2, 0.25) is 0 Å². The maximum absolute atomic E-state index is 12.0. The third-order valence-electron chi connectivity index (χ3n) is 4.51. The number of hydrogen-bond acceptors (Lipinski definition) is 3. The number of nitrogens with zero attached hydrogens (tertiary/aromatic N) is 1. The molecule has 2 amide bonds. The first-order chi connectivity index (χ1) is 9.90. The highest BCUT2D eigenvalue weighted by Gasteiger charge is 2.27. The summed E-state index contributed by atoms with van der Waals surface area (Å²) in [6, 6.07) is 0.276. The number of carbonyl (C=O) groups excluding carboxylic acids is 2. The number of hydrogen-bond donors (Lipinski definition) is 2. The Balaban J connectivity index is 2.20. The first-order valence-corrected chi connectivity index (χ1v) is 8.11. The van der Waals surface area contributed by atoms with E-state index in [4.69, 9.17) is 0 Å². The molecule has 5 nitrogen and oxygen atoms in total. The highest BCUT2D eigenvalue weighted by Crippen LogP contribution is 2.29. The third-order valence-corrected chi connectivity index (χ3v) is 4.51. The molecule has 1 rings (SSSR count). The second-order valence-electron chi connectivity index (χ2n) is 6.59. The summed E-state index contributed by atoms with van der Waals surface area (Å²) in [6.45, 7) is 5.91. The van der Waals surface area contributed by atoms with E-state index in [9.17, 15) is 9.59 Å². The SMILES string of the molecule is C[C@H]1[C@H](C)CCC[C@H]1NC(=O)CCC(=O)NCCN(C)C. The Bertz CT molecular complexity index is 344. The molecule has 1 saturated carbocycles. The molecule has 0 aromatic rings. The normalized spacial score (nSPS) is 25.7. The Morgan fingerprint density at radius 3 is 2.43 bits per heavy atom. The predicted octanol–water partition coefficient (Wildman–Crippen LogP) is 1.39. The smallest absolute Gasteiger partial charge is 0.220 e. The van der Waals surface area contributed by atoms with Gasteiger partial charge in [-0.1, -0.05) is 26.7 Å². The first kappa shape index (κ1) is 18.0. The van der Waals surface area contributed by atoms with E-state index in [1.807, 2.05) is 19.0 Å². The molecule has 0 aliphatic heterocycles. The lowest BCUT2D eigenvalue weighted by molar-refractivity contribution is -0.127. The number of nitrogens with one attached hydrogen (secondary N) is 2. The number of rotatable bonds is 7. The lowest BCUT2D eigenvalue weighted by Gasteiger charge is -2.34. The summed E-state index contributed by atoms with van der Waals surface area (Å²) in [5.41, 5.74) is 0. The lowest BCUT2D eigenvalue weighted by atomic mass is 9.78. The minimum Gasteiger partial charge on any atom is -0.355 e. The summed E-state index contributed by atoms with van der Waals surface area (Å²) in [6.07, 6.45) is 4.05. The van der Waals surface area contributed by atoms with Crippen LogP contribution in [0.5, 0.6) is 0 Å². The molecule has 21 heavy (non-hydrogen) atoms. The molecular weight excluding hydrogens is 266 g/mol. The standard InChI is InChI=1S/C16H31N3O2/c1-12-6-5-7-14(13(12)2)18-16(21)9-8-15(20)17-10-11-19(3)4/h12-14H,5-11H2,1-4H3,(H,17,20)(H,18,21)/t12-,13+,14-/m1/s1. The second-order valence-corrected chi connectivity index (χ2v) is 6.59. The fraction of sp³-hybridized carbons (Fsp3) is 0.875. The molecule has 0 spiro atoms. The first-order valence-electron chi connectivity index (χ1n) is 8.11. The molecule has 0 aromatic carbocycles. The van der Waals surface area contributed by atoms with Crippen molar-refractivity contribution in [2.24, 2.45) is 11.8 Å². The van der Waals surface area contributed by atoms with E-state index in [-0.39, 0.29) is 30.7 Å². The lowest BCUT2D eigenvalue weighted by Crippen LogP contribution is -2.44. The molecule has 0 heterocycles. The fourth-order valence-corrected chi connectivity index (χ4v) is 2.80. The van der Waals surface area contributed by atoms with E-state index in [1.54, 1.807) is 0 Å². The summed E-state index contributed by atoms with van der Waals surface area (Å²) in [7, 11) is 3.93. The zero-order valence-corrected chi connectivity index (χ0v) is 13.9. The van der Waals surface area contributed by atoms with Crippen molar-refractivity contribution in [2.75, 3.05) is 27.2 Å². The van der Waals surface area contributed by atoms with E-state index < -0.39 is 0 Å². The molecule has 1 aliphatic rings. The summed E-state index contributed by atoms with van der Waals surface area (Å²) >= 11 is 0.